The highest BCUT2D eigenvalue weighted by Crippen LogP contribution is 2.15. The molecule has 110 valence electrons. The molecule has 3 nitrogen and oxygen atoms in total. The van der Waals surface area contributed by atoms with E-state index in [4.69, 9.17) is 4.74 Å². The van der Waals surface area contributed by atoms with Crippen molar-refractivity contribution in [3.63, 3.8) is 0 Å². The van der Waals surface area contributed by atoms with Gasteiger partial charge >= 0.3 is 5.97 Å². The quantitative estimate of drug-likeness (QED) is 0.847. The summed E-state index contributed by atoms with van der Waals surface area (Å²) in [6.45, 7) is 2.38. The number of carbonyl (C=O) groups is 1. The largest absolute Gasteiger partial charge is 0.479 e. The Kier molecular flexibility index (Phi) is 5.52. The van der Waals surface area contributed by atoms with Crippen molar-refractivity contribution < 1.29 is 14.6 Å². The van der Waals surface area contributed by atoms with Crippen LogP contribution in [0.5, 0.6) is 0 Å². The van der Waals surface area contributed by atoms with Crippen LogP contribution in [0.2, 0.25) is 0 Å². The Morgan fingerprint density at radius 2 is 1.67 bits per heavy atom. The van der Waals surface area contributed by atoms with Gasteiger partial charge in [-0.2, -0.15) is 0 Å². The molecule has 0 saturated carbocycles. The summed E-state index contributed by atoms with van der Waals surface area (Å²) in [6.07, 6.45) is 0.464. The van der Waals surface area contributed by atoms with Gasteiger partial charge in [-0.3, -0.25) is 0 Å². The van der Waals surface area contributed by atoms with Crippen molar-refractivity contribution in [3.8, 4) is 0 Å². The van der Waals surface area contributed by atoms with Gasteiger partial charge in [0.1, 0.15) is 0 Å². The molecule has 0 saturated heterocycles. The van der Waals surface area contributed by atoms with E-state index in [-0.39, 0.29) is 0 Å². The van der Waals surface area contributed by atoms with Crippen LogP contribution in [0.4, 0.5) is 0 Å². The molecule has 0 radical (unpaired) electrons. The average Bonchev–Trinajstić information content (AvgIpc) is 2.52. The molecule has 0 bridgehead atoms. The van der Waals surface area contributed by atoms with E-state index in [1.165, 1.54) is 5.56 Å². The predicted octanol–water partition coefficient (Wildman–Crippen LogP) is 3.46. The molecule has 1 N–H and O–H groups in total. The summed E-state index contributed by atoms with van der Waals surface area (Å²) in [5.74, 6) is -0.920. The second-order valence-corrected chi connectivity index (χ2v) is 4.95. The van der Waals surface area contributed by atoms with Crippen LogP contribution in [0.3, 0.4) is 0 Å². The number of aliphatic carboxylic acids is 1. The van der Waals surface area contributed by atoms with Crippen molar-refractivity contribution in [1.82, 2.24) is 0 Å². The molecule has 0 unspecified atom stereocenters. The average molecular weight is 284 g/mol. The van der Waals surface area contributed by atoms with E-state index in [1.54, 1.807) is 0 Å². The van der Waals surface area contributed by atoms with E-state index in [1.807, 2.05) is 54.6 Å². The third kappa shape index (κ3) is 4.43. The first kappa shape index (κ1) is 15.3. The second-order valence-electron chi connectivity index (χ2n) is 4.95. The van der Waals surface area contributed by atoms with Crippen LogP contribution in [-0.4, -0.2) is 17.2 Å². The molecule has 2 aromatic carbocycles. The number of hydrogen-bond acceptors (Lipinski definition) is 2. The molecule has 3 heteroatoms. The second kappa shape index (κ2) is 7.60. The van der Waals surface area contributed by atoms with E-state index < -0.39 is 12.1 Å². The van der Waals surface area contributed by atoms with Gasteiger partial charge in [0.2, 0.25) is 0 Å². The molecule has 1 atom stereocenters. The summed E-state index contributed by atoms with van der Waals surface area (Å²) in [6, 6.07) is 17.5. The number of hydrogen-bond donors (Lipinski definition) is 1. The van der Waals surface area contributed by atoms with Crippen molar-refractivity contribution in [1.29, 1.82) is 0 Å². The first-order chi connectivity index (χ1) is 10.2. The van der Waals surface area contributed by atoms with Crippen LogP contribution in [0.1, 0.15) is 23.6 Å². The highest BCUT2D eigenvalue weighted by molar-refractivity contribution is 5.72. The Balaban J connectivity index is 2.04. The summed E-state index contributed by atoms with van der Waals surface area (Å²) in [5.41, 5.74) is 3.19. The van der Waals surface area contributed by atoms with Crippen LogP contribution in [0.25, 0.3) is 0 Å². The van der Waals surface area contributed by atoms with Crippen molar-refractivity contribution in [3.05, 3.63) is 71.3 Å². The van der Waals surface area contributed by atoms with E-state index in [0.717, 1.165) is 17.5 Å². The minimum atomic E-state index is -0.920. The van der Waals surface area contributed by atoms with Gasteiger partial charge in [-0.15, -0.1) is 0 Å². The van der Waals surface area contributed by atoms with E-state index in [2.05, 4.69) is 6.92 Å². The van der Waals surface area contributed by atoms with Crippen LogP contribution in [0, 0.1) is 0 Å². The molecule has 0 amide bonds. The molecular weight excluding hydrogens is 264 g/mol. The summed E-state index contributed by atoms with van der Waals surface area (Å²) in [4.78, 5) is 11.4. The Morgan fingerprint density at radius 1 is 1.05 bits per heavy atom. The first-order valence-corrected chi connectivity index (χ1v) is 7.15. The van der Waals surface area contributed by atoms with Crippen LogP contribution in [-0.2, 0) is 29.0 Å². The summed E-state index contributed by atoms with van der Waals surface area (Å²) >= 11 is 0. The highest BCUT2D eigenvalue weighted by Gasteiger charge is 2.19. The van der Waals surface area contributed by atoms with Gasteiger partial charge in [-0.1, -0.05) is 61.5 Å². The Hall–Kier alpha value is -2.13. The lowest BCUT2D eigenvalue weighted by atomic mass is 10.00. The van der Waals surface area contributed by atoms with Gasteiger partial charge in [-0.25, -0.2) is 4.79 Å². The molecule has 21 heavy (non-hydrogen) atoms. The maximum absolute atomic E-state index is 11.4. The van der Waals surface area contributed by atoms with Crippen molar-refractivity contribution in [2.45, 2.75) is 32.5 Å². The molecule has 0 heterocycles. The zero-order valence-electron chi connectivity index (χ0n) is 12.2. The SMILES string of the molecule is CCc1ccccc1C[C@@H](OCc1ccccc1)C(=O)O. The molecule has 0 aromatic heterocycles. The predicted molar refractivity (Wildman–Crippen MR) is 82.2 cm³/mol. The summed E-state index contributed by atoms with van der Waals surface area (Å²) in [7, 11) is 0. The van der Waals surface area contributed by atoms with Gasteiger partial charge in [0.25, 0.3) is 0 Å². The van der Waals surface area contributed by atoms with Gasteiger partial charge < -0.3 is 9.84 Å². The molecule has 0 aliphatic heterocycles. The number of rotatable bonds is 7. The highest BCUT2D eigenvalue weighted by atomic mass is 16.5. The monoisotopic (exact) mass is 284 g/mol. The number of carboxylic acid groups (broad SMARTS) is 1. The summed E-state index contributed by atoms with van der Waals surface area (Å²) < 4.78 is 5.59. The molecule has 0 aliphatic carbocycles. The number of aryl methyl sites for hydroxylation is 1. The minimum Gasteiger partial charge on any atom is -0.479 e. The van der Waals surface area contributed by atoms with E-state index in [0.29, 0.717) is 13.0 Å². The van der Waals surface area contributed by atoms with Gasteiger partial charge in [0.05, 0.1) is 6.61 Å². The number of benzene rings is 2. The van der Waals surface area contributed by atoms with Gasteiger partial charge in [0.15, 0.2) is 6.10 Å². The fourth-order valence-corrected chi connectivity index (χ4v) is 2.29. The lowest BCUT2D eigenvalue weighted by molar-refractivity contribution is -0.151. The Labute approximate surface area is 125 Å². The molecule has 0 fully saturated rings. The molecule has 2 rings (SSSR count). The minimum absolute atomic E-state index is 0.312. The maximum Gasteiger partial charge on any atom is 0.333 e. The molecule has 0 aliphatic rings. The van der Waals surface area contributed by atoms with Crippen molar-refractivity contribution in [2.75, 3.05) is 0 Å². The van der Waals surface area contributed by atoms with Crippen LogP contribution >= 0.6 is 0 Å². The zero-order valence-corrected chi connectivity index (χ0v) is 12.2. The number of carboxylic acids is 1. The van der Waals surface area contributed by atoms with Crippen molar-refractivity contribution in [2.24, 2.45) is 0 Å². The molecule has 2 aromatic rings. The van der Waals surface area contributed by atoms with Gasteiger partial charge in [-0.05, 0) is 23.1 Å². The van der Waals surface area contributed by atoms with E-state index in [9.17, 15) is 9.90 Å². The topological polar surface area (TPSA) is 46.5 Å². The summed E-state index contributed by atoms with van der Waals surface area (Å²) in [5, 5.41) is 9.35. The zero-order chi connectivity index (χ0) is 15.1. The normalized spacial score (nSPS) is 12.0. The molecular formula is C18H20O3. The maximum atomic E-state index is 11.4. The third-order valence-electron chi connectivity index (χ3n) is 3.47. The third-order valence-corrected chi connectivity index (χ3v) is 3.47. The fraction of sp³-hybridized carbons (Fsp3) is 0.278. The van der Waals surface area contributed by atoms with Crippen LogP contribution < -0.4 is 0 Å². The number of ether oxygens (including phenoxy) is 1. The fourth-order valence-electron chi connectivity index (χ4n) is 2.29. The smallest absolute Gasteiger partial charge is 0.333 e. The van der Waals surface area contributed by atoms with Crippen molar-refractivity contribution >= 4 is 5.97 Å². The van der Waals surface area contributed by atoms with E-state index >= 15 is 0 Å². The lowest BCUT2D eigenvalue weighted by Gasteiger charge is -2.16. The standard InChI is InChI=1S/C18H20O3/c1-2-15-10-6-7-11-16(15)12-17(18(19)20)21-13-14-8-4-3-5-9-14/h3-11,17H,2,12-13H2,1H3,(H,19,20)/t17-/m1/s1. The van der Waals surface area contributed by atoms with Gasteiger partial charge in [0, 0.05) is 6.42 Å². The first-order valence-electron chi connectivity index (χ1n) is 7.15. The lowest BCUT2D eigenvalue weighted by Crippen LogP contribution is -2.26. The molecule has 0 spiro atoms. The Morgan fingerprint density at radius 3 is 2.29 bits per heavy atom. The van der Waals surface area contributed by atoms with Crippen LogP contribution in [0.15, 0.2) is 54.6 Å². The Bertz CT molecular complexity index is 578.